The van der Waals surface area contributed by atoms with E-state index in [-0.39, 0.29) is 12.3 Å². The minimum absolute atomic E-state index is 0.0372. The summed E-state index contributed by atoms with van der Waals surface area (Å²) >= 11 is 0. The summed E-state index contributed by atoms with van der Waals surface area (Å²) in [5.74, 6) is 0.0372. The van der Waals surface area contributed by atoms with E-state index in [1.165, 1.54) is 0 Å². The molecule has 2 aromatic rings. The van der Waals surface area contributed by atoms with Crippen LogP contribution in [0.25, 0.3) is 5.65 Å². The number of hydrogen-bond acceptors (Lipinski definition) is 4. The second kappa shape index (κ2) is 7.91. The van der Waals surface area contributed by atoms with E-state index in [9.17, 15) is 4.79 Å². The molecular weight excluding hydrogens is 282 g/mol. The number of carbonyl (C=O) groups excluding carboxylic acids is 1. The number of carbonyl (C=O) groups is 1. The number of methoxy groups -OCH3 is 2. The zero-order valence-corrected chi connectivity index (χ0v) is 13.4. The Morgan fingerprint density at radius 2 is 1.95 bits per heavy atom. The number of fused-ring (bicyclic) bond motifs is 1. The fourth-order valence-electron chi connectivity index (χ4n) is 2.32. The highest BCUT2D eigenvalue weighted by Gasteiger charge is 2.15. The third-order valence-corrected chi connectivity index (χ3v) is 3.54. The number of aryl methyl sites for hydroxylation is 1. The second-order valence-electron chi connectivity index (χ2n) is 5.20. The van der Waals surface area contributed by atoms with Crippen molar-refractivity contribution in [2.75, 3.05) is 40.5 Å². The standard InChI is InChI=1S/C16H23N3O3/c1-13-5-4-6-19-12-14(17-16(13)19)11-15(20)18(7-9-21-2)8-10-22-3/h4-6,12H,7-11H2,1-3H3. The van der Waals surface area contributed by atoms with Gasteiger partial charge >= 0.3 is 0 Å². The van der Waals surface area contributed by atoms with E-state index in [4.69, 9.17) is 9.47 Å². The minimum Gasteiger partial charge on any atom is -0.383 e. The van der Waals surface area contributed by atoms with Crippen LogP contribution < -0.4 is 0 Å². The van der Waals surface area contributed by atoms with Crippen LogP contribution in [0.5, 0.6) is 0 Å². The number of nitrogens with zero attached hydrogens (tertiary/aromatic N) is 3. The Morgan fingerprint density at radius 1 is 1.27 bits per heavy atom. The predicted octanol–water partition coefficient (Wildman–Crippen LogP) is 1.31. The van der Waals surface area contributed by atoms with Gasteiger partial charge in [0.25, 0.3) is 0 Å². The van der Waals surface area contributed by atoms with Crippen molar-refractivity contribution in [1.29, 1.82) is 0 Å². The van der Waals surface area contributed by atoms with Crippen LogP contribution in [0, 0.1) is 6.92 Å². The molecule has 0 spiro atoms. The average molecular weight is 305 g/mol. The SMILES string of the molecule is COCCN(CCOC)C(=O)Cc1cn2cccc(C)c2n1. The van der Waals surface area contributed by atoms with Gasteiger partial charge in [-0.2, -0.15) is 0 Å². The molecule has 0 radical (unpaired) electrons. The van der Waals surface area contributed by atoms with Crippen molar-refractivity contribution in [3.05, 3.63) is 35.8 Å². The fraction of sp³-hybridized carbons (Fsp3) is 0.500. The highest BCUT2D eigenvalue weighted by molar-refractivity contribution is 5.78. The lowest BCUT2D eigenvalue weighted by molar-refractivity contribution is -0.131. The van der Waals surface area contributed by atoms with Crippen LogP contribution in [0.2, 0.25) is 0 Å². The number of amides is 1. The van der Waals surface area contributed by atoms with Gasteiger partial charge in [0.05, 0.1) is 25.3 Å². The molecule has 1 amide bonds. The Hall–Kier alpha value is -1.92. The number of aromatic nitrogens is 2. The number of rotatable bonds is 8. The predicted molar refractivity (Wildman–Crippen MR) is 84.0 cm³/mol. The summed E-state index contributed by atoms with van der Waals surface area (Å²) in [6, 6.07) is 3.98. The molecule has 0 aromatic carbocycles. The summed E-state index contributed by atoms with van der Waals surface area (Å²) in [6.07, 6.45) is 4.14. The Morgan fingerprint density at radius 3 is 2.55 bits per heavy atom. The van der Waals surface area contributed by atoms with Gasteiger partial charge in [-0.1, -0.05) is 6.07 Å². The van der Waals surface area contributed by atoms with Gasteiger partial charge in [0, 0.05) is 39.7 Å². The molecule has 0 N–H and O–H groups in total. The molecule has 22 heavy (non-hydrogen) atoms. The lowest BCUT2D eigenvalue weighted by atomic mass is 10.3. The van der Waals surface area contributed by atoms with Gasteiger partial charge < -0.3 is 18.8 Å². The van der Waals surface area contributed by atoms with E-state index < -0.39 is 0 Å². The van der Waals surface area contributed by atoms with Crippen LogP contribution in [-0.4, -0.2) is 60.7 Å². The summed E-state index contributed by atoms with van der Waals surface area (Å²) < 4.78 is 12.1. The first kappa shape index (κ1) is 16.5. The quantitative estimate of drug-likeness (QED) is 0.738. The Bertz CT molecular complexity index is 616. The third-order valence-electron chi connectivity index (χ3n) is 3.54. The third kappa shape index (κ3) is 4.05. The maximum Gasteiger partial charge on any atom is 0.228 e. The van der Waals surface area contributed by atoms with Gasteiger partial charge in [-0.05, 0) is 18.6 Å². The summed E-state index contributed by atoms with van der Waals surface area (Å²) in [6.45, 7) is 4.16. The van der Waals surface area contributed by atoms with E-state index >= 15 is 0 Å². The van der Waals surface area contributed by atoms with E-state index in [0.717, 1.165) is 16.9 Å². The molecular formula is C16H23N3O3. The molecule has 6 heteroatoms. The van der Waals surface area contributed by atoms with Crippen molar-refractivity contribution < 1.29 is 14.3 Å². The van der Waals surface area contributed by atoms with Crippen molar-refractivity contribution in [3.8, 4) is 0 Å². The van der Waals surface area contributed by atoms with Crippen molar-refractivity contribution in [1.82, 2.24) is 14.3 Å². The van der Waals surface area contributed by atoms with Crippen molar-refractivity contribution in [2.24, 2.45) is 0 Å². The number of ether oxygens (including phenoxy) is 2. The summed E-state index contributed by atoms with van der Waals surface area (Å²) in [5, 5.41) is 0. The summed E-state index contributed by atoms with van der Waals surface area (Å²) in [7, 11) is 3.26. The van der Waals surface area contributed by atoms with Crippen LogP contribution in [0.1, 0.15) is 11.3 Å². The molecule has 0 saturated heterocycles. The lowest BCUT2D eigenvalue weighted by Crippen LogP contribution is -2.37. The van der Waals surface area contributed by atoms with Crippen LogP contribution in [-0.2, 0) is 20.7 Å². The monoisotopic (exact) mass is 305 g/mol. The number of pyridine rings is 1. The van der Waals surface area contributed by atoms with E-state index in [1.807, 2.05) is 35.9 Å². The van der Waals surface area contributed by atoms with Gasteiger partial charge in [0.1, 0.15) is 5.65 Å². The molecule has 0 aliphatic heterocycles. The van der Waals surface area contributed by atoms with Gasteiger partial charge in [-0.25, -0.2) is 4.98 Å². The highest BCUT2D eigenvalue weighted by atomic mass is 16.5. The van der Waals surface area contributed by atoms with Crippen molar-refractivity contribution in [2.45, 2.75) is 13.3 Å². The van der Waals surface area contributed by atoms with Gasteiger partial charge in [-0.3, -0.25) is 4.79 Å². The first-order valence-corrected chi connectivity index (χ1v) is 7.34. The van der Waals surface area contributed by atoms with Crippen LogP contribution in [0.4, 0.5) is 0 Å². The van der Waals surface area contributed by atoms with E-state index in [2.05, 4.69) is 4.98 Å². The molecule has 0 saturated carbocycles. The minimum atomic E-state index is 0.0372. The molecule has 6 nitrogen and oxygen atoms in total. The molecule has 2 heterocycles. The molecule has 0 aliphatic carbocycles. The Labute approximate surface area is 130 Å². The first-order chi connectivity index (χ1) is 10.7. The lowest BCUT2D eigenvalue weighted by Gasteiger charge is -2.21. The summed E-state index contributed by atoms with van der Waals surface area (Å²) in [4.78, 5) is 18.8. The van der Waals surface area contributed by atoms with Crippen LogP contribution in [0.3, 0.4) is 0 Å². The topological polar surface area (TPSA) is 56.1 Å². The molecule has 0 atom stereocenters. The van der Waals surface area contributed by atoms with Gasteiger partial charge in [-0.15, -0.1) is 0 Å². The van der Waals surface area contributed by atoms with Gasteiger partial charge in [0.2, 0.25) is 5.91 Å². The van der Waals surface area contributed by atoms with Crippen LogP contribution >= 0.6 is 0 Å². The smallest absolute Gasteiger partial charge is 0.228 e. The molecule has 0 bridgehead atoms. The number of imidazole rings is 1. The summed E-state index contributed by atoms with van der Waals surface area (Å²) in [5.41, 5.74) is 2.77. The van der Waals surface area contributed by atoms with Crippen LogP contribution in [0.15, 0.2) is 24.5 Å². The zero-order chi connectivity index (χ0) is 15.9. The first-order valence-electron chi connectivity index (χ1n) is 7.34. The number of hydrogen-bond donors (Lipinski definition) is 0. The molecule has 0 aliphatic rings. The normalized spacial score (nSPS) is 11.0. The maximum atomic E-state index is 12.5. The maximum absolute atomic E-state index is 12.5. The van der Waals surface area contributed by atoms with Gasteiger partial charge in [0.15, 0.2) is 0 Å². The Kier molecular flexibility index (Phi) is 5.91. The zero-order valence-electron chi connectivity index (χ0n) is 13.4. The molecule has 120 valence electrons. The molecule has 2 aromatic heterocycles. The van der Waals surface area contributed by atoms with Crippen molar-refractivity contribution in [3.63, 3.8) is 0 Å². The average Bonchev–Trinajstić information content (AvgIpc) is 2.91. The molecule has 0 fully saturated rings. The fourth-order valence-corrected chi connectivity index (χ4v) is 2.32. The largest absolute Gasteiger partial charge is 0.383 e. The van der Waals surface area contributed by atoms with E-state index in [1.54, 1.807) is 19.1 Å². The second-order valence-corrected chi connectivity index (χ2v) is 5.20. The van der Waals surface area contributed by atoms with Crippen molar-refractivity contribution >= 4 is 11.6 Å². The van der Waals surface area contributed by atoms with E-state index in [0.29, 0.717) is 26.3 Å². The molecule has 2 rings (SSSR count). The highest BCUT2D eigenvalue weighted by Crippen LogP contribution is 2.11. The Balaban J connectivity index is 2.07. The molecule has 0 unspecified atom stereocenters.